The molecule has 6 heteroatoms. The first-order chi connectivity index (χ1) is 8.26. The van der Waals surface area contributed by atoms with Crippen LogP contribution in [0.1, 0.15) is 33.1 Å². The minimum Gasteiger partial charge on any atom is -0.394 e. The summed E-state index contributed by atoms with van der Waals surface area (Å²) in [6.45, 7) is 3.72. The highest BCUT2D eigenvalue weighted by Gasteiger charge is 2.30. The van der Waals surface area contributed by atoms with Crippen LogP contribution < -0.4 is 5.32 Å². The predicted molar refractivity (Wildman–Crippen MR) is 66.6 cm³/mol. The van der Waals surface area contributed by atoms with Crippen molar-refractivity contribution in [2.24, 2.45) is 0 Å². The Hall–Kier alpha value is -0.330. The number of nitrogens with zero attached hydrogens (tertiary/aromatic N) is 1. The molecule has 0 aliphatic heterocycles. The summed E-state index contributed by atoms with van der Waals surface area (Å²) in [6.07, 6.45) is -2.15. The van der Waals surface area contributed by atoms with Crippen molar-refractivity contribution in [3.05, 3.63) is 0 Å². The van der Waals surface area contributed by atoms with Crippen LogP contribution in [-0.2, 0) is 0 Å². The third kappa shape index (κ3) is 7.89. The first-order valence-corrected chi connectivity index (χ1v) is 6.35. The van der Waals surface area contributed by atoms with E-state index in [2.05, 4.69) is 5.32 Å². The van der Waals surface area contributed by atoms with Crippen LogP contribution in [0.5, 0.6) is 0 Å². The normalized spacial score (nSPS) is 16.0. The number of halogens is 3. The smallest absolute Gasteiger partial charge is 0.394 e. The molecule has 0 aromatic carbocycles. The number of hydrogen-bond acceptors (Lipinski definition) is 3. The fraction of sp³-hybridized carbons (Fsp3) is 1.00. The maximum Gasteiger partial charge on any atom is 0.401 e. The molecule has 0 heterocycles. The third-order valence-electron chi connectivity index (χ3n) is 3.10. The summed E-state index contributed by atoms with van der Waals surface area (Å²) in [7, 11) is 1.75. The van der Waals surface area contributed by atoms with Gasteiger partial charge in [0, 0.05) is 5.54 Å². The molecule has 0 spiro atoms. The van der Waals surface area contributed by atoms with E-state index in [4.69, 9.17) is 0 Å². The molecule has 110 valence electrons. The van der Waals surface area contributed by atoms with Gasteiger partial charge in [-0.05, 0) is 46.3 Å². The van der Waals surface area contributed by atoms with E-state index >= 15 is 0 Å². The molecule has 0 aliphatic carbocycles. The Labute approximate surface area is 107 Å². The molecule has 0 aliphatic rings. The van der Waals surface area contributed by atoms with Crippen molar-refractivity contribution >= 4 is 0 Å². The lowest BCUT2D eigenvalue weighted by atomic mass is 9.97. The molecule has 0 rings (SSSR count). The number of aliphatic hydroxyl groups excluding tert-OH is 1. The fourth-order valence-corrected chi connectivity index (χ4v) is 1.82. The fourth-order valence-electron chi connectivity index (χ4n) is 1.82. The number of alkyl halides is 3. The highest BCUT2D eigenvalue weighted by Crippen LogP contribution is 2.18. The van der Waals surface area contributed by atoms with Gasteiger partial charge in [-0.15, -0.1) is 0 Å². The van der Waals surface area contributed by atoms with Crippen molar-refractivity contribution in [1.82, 2.24) is 10.2 Å². The number of nitrogens with one attached hydrogen (secondary N) is 1. The van der Waals surface area contributed by atoms with Crippen LogP contribution in [0.2, 0.25) is 0 Å². The summed E-state index contributed by atoms with van der Waals surface area (Å²) >= 11 is 0. The van der Waals surface area contributed by atoms with E-state index < -0.39 is 18.3 Å². The summed E-state index contributed by atoms with van der Waals surface area (Å²) in [6, 6.07) is 0. The molecule has 1 atom stereocenters. The molecule has 1 unspecified atom stereocenters. The van der Waals surface area contributed by atoms with Gasteiger partial charge in [-0.3, -0.25) is 4.90 Å². The monoisotopic (exact) mass is 270 g/mol. The van der Waals surface area contributed by atoms with Crippen molar-refractivity contribution in [3.63, 3.8) is 0 Å². The third-order valence-corrected chi connectivity index (χ3v) is 3.10. The Morgan fingerprint density at radius 2 is 1.83 bits per heavy atom. The highest BCUT2D eigenvalue weighted by atomic mass is 19.4. The van der Waals surface area contributed by atoms with E-state index in [1.165, 1.54) is 4.90 Å². The summed E-state index contributed by atoms with van der Waals surface area (Å²) in [4.78, 5) is 1.42. The van der Waals surface area contributed by atoms with Crippen molar-refractivity contribution < 1.29 is 18.3 Å². The summed E-state index contributed by atoms with van der Waals surface area (Å²) in [5.41, 5.74) is -0.407. The number of rotatable bonds is 9. The maximum atomic E-state index is 12.3. The van der Waals surface area contributed by atoms with Gasteiger partial charge < -0.3 is 10.4 Å². The minimum absolute atomic E-state index is 0.0173. The zero-order valence-electron chi connectivity index (χ0n) is 11.5. The summed E-state index contributed by atoms with van der Waals surface area (Å²) in [5, 5.41) is 12.2. The van der Waals surface area contributed by atoms with Gasteiger partial charge in [-0.25, -0.2) is 0 Å². The van der Waals surface area contributed by atoms with E-state index in [9.17, 15) is 18.3 Å². The van der Waals surface area contributed by atoms with Gasteiger partial charge in [-0.1, -0.05) is 6.92 Å². The van der Waals surface area contributed by atoms with Gasteiger partial charge in [0.1, 0.15) is 0 Å². The standard InChI is InChI=1S/C12H25F3N2O/c1-4-7-17(9-12(13,14)15)8-5-6-11(2,10-18)16-3/h16,18H,4-10H2,1-3H3. The molecule has 0 aromatic rings. The van der Waals surface area contributed by atoms with Gasteiger partial charge in [0.05, 0.1) is 13.2 Å². The van der Waals surface area contributed by atoms with Crippen LogP contribution in [-0.4, -0.2) is 55.0 Å². The van der Waals surface area contributed by atoms with Crippen LogP contribution in [0.25, 0.3) is 0 Å². The molecule has 18 heavy (non-hydrogen) atoms. The van der Waals surface area contributed by atoms with Gasteiger partial charge in [0.25, 0.3) is 0 Å². The van der Waals surface area contributed by atoms with Crippen molar-refractivity contribution in [2.45, 2.75) is 44.8 Å². The van der Waals surface area contributed by atoms with E-state index in [1.807, 2.05) is 13.8 Å². The molecular weight excluding hydrogens is 245 g/mol. The molecular formula is C12H25F3N2O. The lowest BCUT2D eigenvalue weighted by Gasteiger charge is -2.29. The van der Waals surface area contributed by atoms with Crippen molar-refractivity contribution in [3.8, 4) is 0 Å². The zero-order valence-corrected chi connectivity index (χ0v) is 11.5. The Morgan fingerprint density at radius 3 is 2.22 bits per heavy atom. The minimum atomic E-state index is -4.14. The first-order valence-electron chi connectivity index (χ1n) is 6.35. The molecule has 2 N–H and O–H groups in total. The summed E-state index contributed by atoms with van der Waals surface area (Å²) in [5.74, 6) is 0. The lowest BCUT2D eigenvalue weighted by molar-refractivity contribution is -0.146. The topological polar surface area (TPSA) is 35.5 Å². The highest BCUT2D eigenvalue weighted by molar-refractivity contribution is 4.80. The second-order valence-corrected chi connectivity index (χ2v) is 4.96. The second-order valence-electron chi connectivity index (χ2n) is 4.96. The molecule has 0 radical (unpaired) electrons. The van der Waals surface area contributed by atoms with Gasteiger partial charge in [-0.2, -0.15) is 13.2 Å². The first kappa shape index (κ1) is 17.7. The maximum absolute atomic E-state index is 12.3. The van der Waals surface area contributed by atoms with E-state index in [0.29, 0.717) is 32.4 Å². The average molecular weight is 270 g/mol. The van der Waals surface area contributed by atoms with Crippen LogP contribution in [0.15, 0.2) is 0 Å². The van der Waals surface area contributed by atoms with E-state index in [1.54, 1.807) is 7.05 Å². The number of hydrogen-bond donors (Lipinski definition) is 2. The molecule has 0 saturated carbocycles. The Kier molecular flexibility index (Phi) is 7.82. The molecule has 0 aromatic heterocycles. The van der Waals surface area contributed by atoms with Crippen LogP contribution in [0.3, 0.4) is 0 Å². The molecule has 0 amide bonds. The summed E-state index contributed by atoms with van der Waals surface area (Å²) < 4.78 is 37.0. The average Bonchev–Trinajstić information content (AvgIpc) is 2.27. The lowest BCUT2D eigenvalue weighted by Crippen LogP contribution is -2.44. The van der Waals surface area contributed by atoms with Gasteiger partial charge >= 0.3 is 6.18 Å². The van der Waals surface area contributed by atoms with Crippen molar-refractivity contribution in [2.75, 3.05) is 33.3 Å². The Balaban J connectivity index is 4.11. The number of aliphatic hydroxyl groups is 1. The van der Waals surface area contributed by atoms with E-state index in [0.717, 1.165) is 0 Å². The van der Waals surface area contributed by atoms with Crippen LogP contribution in [0.4, 0.5) is 13.2 Å². The van der Waals surface area contributed by atoms with Gasteiger partial charge in [0.15, 0.2) is 0 Å². The Bertz CT molecular complexity index is 218. The van der Waals surface area contributed by atoms with Crippen LogP contribution in [0, 0.1) is 0 Å². The molecule has 0 saturated heterocycles. The molecule has 0 bridgehead atoms. The zero-order chi connectivity index (χ0) is 14.2. The quantitative estimate of drug-likeness (QED) is 0.673. The number of likely N-dealkylation sites (N-methyl/N-ethyl adjacent to an activating group) is 1. The van der Waals surface area contributed by atoms with E-state index in [-0.39, 0.29) is 6.61 Å². The Morgan fingerprint density at radius 1 is 1.22 bits per heavy atom. The SMILES string of the molecule is CCCN(CCCC(C)(CO)NC)CC(F)(F)F. The molecule has 0 fully saturated rings. The van der Waals surface area contributed by atoms with Gasteiger partial charge in [0.2, 0.25) is 0 Å². The largest absolute Gasteiger partial charge is 0.401 e. The van der Waals surface area contributed by atoms with Crippen molar-refractivity contribution in [1.29, 1.82) is 0 Å². The second kappa shape index (κ2) is 7.96. The molecule has 3 nitrogen and oxygen atoms in total. The van der Waals surface area contributed by atoms with Crippen LogP contribution >= 0.6 is 0 Å². The predicted octanol–water partition coefficient (Wildman–Crippen LogP) is 2.01.